The molecule has 0 saturated heterocycles. The molecule has 0 rings (SSSR count). The van der Waals surface area contributed by atoms with E-state index >= 15 is 0 Å². The average Bonchev–Trinajstić information content (AvgIpc) is 0.935. The number of aliphatic hydroxyl groups excluding tert-OH is 1. The van der Waals surface area contributed by atoms with Crippen LogP contribution in [0.5, 0.6) is 0 Å². The predicted octanol–water partition coefficient (Wildman–Crippen LogP) is 23.8. The maximum absolute atomic E-state index is 13.1. The van der Waals surface area contributed by atoms with Crippen molar-refractivity contribution in [3.63, 3.8) is 0 Å². The van der Waals surface area contributed by atoms with Crippen molar-refractivity contribution in [2.75, 3.05) is 39.6 Å². The van der Waals surface area contributed by atoms with Gasteiger partial charge in [-0.3, -0.25) is 37.3 Å². The summed E-state index contributed by atoms with van der Waals surface area (Å²) < 4.78 is 68.7. The van der Waals surface area contributed by atoms with Crippen molar-refractivity contribution in [3.8, 4) is 0 Å². The quantitative estimate of drug-likeness (QED) is 0.0169. The van der Waals surface area contributed by atoms with Gasteiger partial charge in [-0.25, -0.2) is 9.13 Å². The van der Waals surface area contributed by atoms with Crippen molar-refractivity contribution >= 4 is 39.5 Å². The van der Waals surface area contributed by atoms with Crippen LogP contribution in [-0.2, 0) is 65.4 Å². The Morgan fingerprint density at radius 1 is 0.310 bits per heavy atom. The molecule has 17 nitrogen and oxygen atoms in total. The standard InChI is InChI=1S/C81H154O17P2/c1-7-9-11-13-15-17-19-21-23-24-25-26-28-30-32-41-47-53-59-65-80(85)97-76(69-91-78(83)63-57-51-45-39-31-29-27-22-20-18-16-14-12-10-8-2)71-95-99(87,88)93-67-75(82)68-94-100(89,90)96-72-77(98-81(86)66-60-54-48-42-36-34-38-44-50-56-62-74(5)6)70-92-79(84)64-58-52-46-40-35-33-37-43-49-55-61-73(3)4/h18,20,22,27,73-77,82H,7-17,19,21,23-26,28-72H2,1-6H3,(H,87,88)(H,89,90)/b20-18-,27-22-/t75-,76-,77-/m1/s1. The highest BCUT2D eigenvalue weighted by Gasteiger charge is 2.30. The summed E-state index contributed by atoms with van der Waals surface area (Å²) in [5, 5.41) is 10.6. The molecule has 0 spiro atoms. The van der Waals surface area contributed by atoms with Gasteiger partial charge in [0.1, 0.15) is 19.3 Å². The number of hydrogen-bond donors (Lipinski definition) is 3. The zero-order valence-corrected chi connectivity index (χ0v) is 66.8. The number of phosphoric acid groups is 2. The van der Waals surface area contributed by atoms with Crippen LogP contribution in [0.4, 0.5) is 0 Å². The molecule has 0 aromatic heterocycles. The van der Waals surface area contributed by atoms with Crippen molar-refractivity contribution in [1.82, 2.24) is 0 Å². The van der Waals surface area contributed by atoms with Crippen molar-refractivity contribution in [2.24, 2.45) is 11.8 Å². The first-order chi connectivity index (χ1) is 48.4. The van der Waals surface area contributed by atoms with Crippen LogP contribution in [0.25, 0.3) is 0 Å². The number of phosphoric ester groups is 2. The summed E-state index contributed by atoms with van der Waals surface area (Å²) in [6.45, 7) is 9.55. The molecule has 0 aliphatic carbocycles. The molecular formula is C81H154O17P2. The third-order valence-electron chi connectivity index (χ3n) is 18.3. The van der Waals surface area contributed by atoms with E-state index in [2.05, 4.69) is 65.8 Å². The molecule has 0 aromatic rings. The molecule has 0 amide bonds. The largest absolute Gasteiger partial charge is 0.472 e. The Labute approximate surface area is 612 Å². The Hall–Kier alpha value is -2.46. The molecule has 0 aliphatic rings. The minimum absolute atomic E-state index is 0.102. The lowest BCUT2D eigenvalue weighted by Gasteiger charge is -2.21. The van der Waals surface area contributed by atoms with E-state index in [1.165, 1.54) is 199 Å². The number of esters is 4. The van der Waals surface area contributed by atoms with E-state index in [9.17, 15) is 43.2 Å². The smallest absolute Gasteiger partial charge is 0.462 e. The highest BCUT2D eigenvalue weighted by molar-refractivity contribution is 7.47. The molecule has 0 aromatic carbocycles. The number of hydrogen-bond acceptors (Lipinski definition) is 15. The van der Waals surface area contributed by atoms with Crippen LogP contribution < -0.4 is 0 Å². The van der Waals surface area contributed by atoms with Crippen LogP contribution in [0.1, 0.15) is 401 Å². The third kappa shape index (κ3) is 73.8. The van der Waals surface area contributed by atoms with Gasteiger partial charge in [0.05, 0.1) is 26.4 Å². The van der Waals surface area contributed by atoms with E-state index in [4.69, 9.17) is 37.0 Å². The fourth-order valence-electron chi connectivity index (χ4n) is 12.0. The normalized spacial score (nSPS) is 14.1. The Balaban J connectivity index is 5.29. The molecule has 5 atom stereocenters. The maximum Gasteiger partial charge on any atom is 0.472 e. The number of allylic oxidation sites excluding steroid dienone is 4. The molecule has 0 bridgehead atoms. The first kappa shape index (κ1) is 97.5. The molecule has 19 heteroatoms. The molecular weight excluding hydrogens is 1310 g/mol. The zero-order chi connectivity index (χ0) is 73.5. The van der Waals surface area contributed by atoms with Crippen LogP contribution in [0.2, 0.25) is 0 Å². The highest BCUT2D eigenvalue weighted by Crippen LogP contribution is 2.45. The minimum Gasteiger partial charge on any atom is -0.462 e. The van der Waals surface area contributed by atoms with Crippen LogP contribution in [-0.4, -0.2) is 96.7 Å². The summed E-state index contributed by atoms with van der Waals surface area (Å²) in [7, 11) is -9.93. The Morgan fingerprint density at radius 2 is 0.540 bits per heavy atom. The van der Waals surface area contributed by atoms with Gasteiger partial charge in [0, 0.05) is 25.7 Å². The second kappa shape index (κ2) is 72.1. The Kier molecular flexibility index (Phi) is 70.3. The van der Waals surface area contributed by atoms with E-state index < -0.39 is 97.5 Å². The van der Waals surface area contributed by atoms with E-state index in [-0.39, 0.29) is 25.7 Å². The summed E-state index contributed by atoms with van der Waals surface area (Å²) in [4.78, 5) is 73.0. The van der Waals surface area contributed by atoms with Crippen LogP contribution in [0.15, 0.2) is 24.3 Å². The number of ether oxygens (including phenoxy) is 4. The first-order valence-electron chi connectivity index (χ1n) is 41.3. The van der Waals surface area contributed by atoms with Crippen LogP contribution in [0.3, 0.4) is 0 Å². The summed E-state index contributed by atoms with van der Waals surface area (Å²) in [5.41, 5.74) is 0. The number of rotatable bonds is 78. The number of carbonyl (C=O) groups is 4. The summed E-state index contributed by atoms with van der Waals surface area (Å²) in [5.74, 6) is -0.632. The molecule has 0 fully saturated rings. The van der Waals surface area contributed by atoms with Crippen molar-refractivity contribution in [2.45, 2.75) is 419 Å². The van der Waals surface area contributed by atoms with Gasteiger partial charge in [-0.2, -0.15) is 0 Å². The van der Waals surface area contributed by atoms with Crippen molar-refractivity contribution in [1.29, 1.82) is 0 Å². The fraction of sp³-hybridized carbons (Fsp3) is 0.901. The van der Waals surface area contributed by atoms with Gasteiger partial charge in [0.25, 0.3) is 0 Å². The van der Waals surface area contributed by atoms with Gasteiger partial charge in [-0.1, -0.05) is 348 Å². The summed E-state index contributed by atoms with van der Waals surface area (Å²) in [6, 6.07) is 0. The van der Waals surface area contributed by atoms with Gasteiger partial charge in [-0.15, -0.1) is 0 Å². The minimum atomic E-state index is -4.97. The summed E-state index contributed by atoms with van der Waals surface area (Å²) in [6.07, 6.45) is 64.6. The van der Waals surface area contributed by atoms with E-state index in [0.29, 0.717) is 25.7 Å². The first-order valence-corrected chi connectivity index (χ1v) is 44.3. The lowest BCUT2D eigenvalue weighted by atomic mass is 10.0. The maximum atomic E-state index is 13.1. The van der Waals surface area contributed by atoms with Crippen LogP contribution in [0, 0.1) is 11.8 Å². The van der Waals surface area contributed by atoms with E-state index in [0.717, 1.165) is 121 Å². The molecule has 2 unspecified atom stereocenters. The van der Waals surface area contributed by atoms with Gasteiger partial charge in [0.15, 0.2) is 12.2 Å². The van der Waals surface area contributed by atoms with Crippen LogP contribution >= 0.6 is 15.6 Å². The van der Waals surface area contributed by atoms with Gasteiger partial charge >= 0.3 is 39.5 Å². The molecule has 100 heavy (non-hydrogen) atoms. The number of unbranched alkanes of at least 4 members (excludes halogenated alkanes) is 45. The lowest BCUT2D eigenvalue weighted by Crippen LogP contribution is -2.30. The van der Waals surface area contributed by atoms with Gasteiger partial charge in [-0.05, 0) is 63.2 Å². The molecule has 590 valence electrons. The second-order valence-corrected chi connectivity index (χ2v) is 32.3. The third-order valence-corrected chi connectivity index (χ3v) is 20.2. The Morgan fingerprint density at radius 3 is 0.820 bits per heavy atom. The topological polar surface area (TPSA) is 237 Å². The molecule has 0 saturated carbocycles. The van der Waals surface area contributed by atoms with Gasteiger partial charge < -0.3 is 33.8 Å². The molecule has 0 heterocycles. The molecule has 0 radical (unpaired) electrons. The second-order valence-electron chi connectivity index (χ2n) is 29.4. The van der Waals surface area contributed by atoms with Gasteiger partial charge in [0.2, 0.25) is 0 Å². The summed E-state index contributed by atoms with van der Waals surface area (Å²) >= 11 is 0. The average molecular weight is 1460 g/mol. The Bertz CT molecular complexity index is 2020. The van der Waals surface area contributed by atoms with Crippen molar-refractivity contribution < 1.29 is 80.2 Å². The monoisotopic (exact) mass is 1460 g/mol. The lowest BCUT2D eigenvalue weighted by molar-refractivity contribution is -0.161. The molecule has 0 aliphatic heterocycles. The van der Waals surface area contributed by atoms with E-state index in [1.54, 1.807) is 0 Å². The zero-order valence-electron chi connectivity index (χ0n) is 65.0. The SMILES string of the molecule is CCCCCC/C=C\C=C/CCCCCCCC(=O)OC[C@H](COP(=O)(O)OC[C@@H](O)COP(=O)(O)OC[C@@H](COC(=O)CCCCCCCCCCCCC(C)C)OC(=O)CCCCCCCCCCCCC(C)C)OC(=O)CCCCCCCCCCCCCCCCCCCCC. The van der Waals surface area contributed by atoms with Crippen molar-refractivity contribution in [3.05, 3.63) is 24.3 Å². The van der Waals surface area contributed by atoms with E-state index in [1.807, 2.05) is 0 Å². The number of aliphatic hydroxyl groups is 1. The predicted molar refractivity (Wildman–Crippen MR) is 409 cm³/mol. The molecule has 3 N–H and O–H groups in total. The number of carbonyl (C=O) groups excluding carboxylic acids is 4. The fourth-order valence-corrected chi connectivity index (χ4v) is 13.6. The highest BCUT2D eigenvalue weighted by atomic mass is 31.2.